The minimum atomic E-state index is -0.487. The molecule has 6 heteroatoms. The van der Waals surface area contributed by atoms with Crippen molar-refractivity contribution < 1.29 is 14.4 Å². The molecular formula is C11H14ClNO4. The predicted molar refractivity (Wildman–Crippen MR) is 65.1 cm³/mol. The Hall–Kier alpha value is -1.49. The van der Waals surface area contributed by atoms with E-state index in [0.29, 0.717) is 18.2 Å². The van der Waals surface area contributed by atoms with Gasteiger partial charge in [-0.1, -0.05) is 0 Å². The number of hydrogen-bond acceptors (Lipinski definition) is 4. The van der Waals surface area contributed by atoms with Gasteiger partial charge in [-0.2, -0.15) is 0 Å². The highest BCUT2D eigenvalue weighted by molar-refractivity contribution is 6.17. The summed E-state index contributed by atoms with van der Waals surface area (Å²) in [5, 5.41) is 10.8. The van der Waals surface area contributed by atoms with Gasteiger partial charge in [0.05, 0.1) is 24.7 Å². The Kier molecular flexibility index (Phi) is 5.56. The average Bonchev–Trinajstić information content (AvgIpc) is 2.34. The standard InChI is InChI=1S/C11H14ClNO4/c1-16-9-4-5-11(10(8-9)13(14)15)17-7-3-2-6-12/h4-5,8H,2-3,6-7H2,1H3. The maximum absolute atomic E-state index is 10.8. The van der Waals surface area contributed by atoms with E-state index in [0.717, 1.165) is 12.8 Å². The van der Waals surface area contributed by atoms with Crippen LogP contribution in [0.4, 0.5) is 5.69 Å². The number of rotatable bonds is 7. The molecule has 94 valence electrons. The van der Waals surface area contributed by atoms with Gasteiger partial charge >= 0.3 is 5.69 Å². The SMILES string of the molecule is COc1ccc(OCCCCCl)c([N+](=O)[O-])c1. The number of unbranched alkanes of at least 4 members (excludes halogenated alkanes) is 1. The highest BCUT2D eigenvalue weighted by Crippen LogP contribution is 2.31. The quantitative estimate of drug-likeness (QED) is 0.327. The fraction of sp³-hybridized carbons (Fsp3) is 0.455. The zero-order valence-corrected chi connectivity index (χ0v) is 10.3. The van der Waals surface area contributed by atoms with Gasteiger partial charge in [-0.05, 0) is 25.0 Å². The van der Waals surface area contributed by atoms with Gasteiger partial charge in [0.2, 0.25) is 0 Å². The molecule has 0 aromatic heterocycles. The maximum Gasteiger partial charge on any atom is 0.314 e. The zero-order valence-electron chi connectivity index (χ0n) is 9.52. The highest BCUT2D eigenvalue weighted by atomic mass is 35.5. The van der Waals surface area contributed by atoms with Crippen molar-refractivity contribution in [3.8, 4) is 11.5 Å². The lowest BCUT2D eigenvalue weighted by Crippen LogP contribution is -2.01. The number of nitro benzene ring substituents is 1. The fourth-order valence-corrected chi connectivity index (χ4v) is 1.46. The molecule has 5 nitrogen and oxygen atoms in total. The van der Waals surface area contributed by atoms with Gasteiger partial charge in [0.15, 0.2) is 5.75 Å². The van der Waals surface area contributed by atoms with Crippen LogP contribution in [0.5, 0.6) is 11.5 Å². The van der Waals surface area contributed by atoms with Crippen molar-refractivity contribution in [1.29, 1.82) is 0 Å². The van der Waals surface area contributed by atoms with Gasteiger partial charge in [-0.15, -0.1) is 11.6 Å². The van der Waals surface area contributed by atoms with Gasteiger partial charge in [0.1, 0.15) is 5.75 Å². The molecule has 0 amide bonds. The topological polar surface area (TPSA) is 61.6 Å². The Morgan fingerprint density at radius 2 is 2.18 bits per heavy atom. The molecule has 0 radical (unpaired) electrons. The van der Waals surface area contributed by atoms with E-state index >= 15 is 0 Å². The van der Waals surface area contributed by atoms with Crippen molar-refractivity contribution in [3.05, 3.63) is 28.3 Å². The summed E-state index contributed by atoms with van der Waals surface area (Å²) in [5.74, 6) is 1.25. The van der Waals surface area contributed by atoms with Crippen LogP contribution in [0.1, 0.15) is 12.8 Å². The molecule has 0 saturated carbocycles. The maximum atomic E-state index is 10.8. The van der Waals surface area contributed by atoms with Crippen molar-refractivity contribution in [2.24, 2.45) is 0 Å². The summed E-state index contributed by atoms with van der Waals surface area (Å²) in [5.41, 5.74) is -0.0878. The number of hydrogen-bond donors (Lipinski definition) is 0. The lowest BCUT2D eigenvalue weighted by atomic mass is 10.2. The van der Waals surface area contributed by atoms with Crippen molar-refractivity contribution in [1.82, 2.24) is 0 Å². The van der Waals surface area contributed by atoms with Crippen LogP contribution in [-0.2, 0) is 0 Å². The first-order chi connectivity index (χ1) is 8.19. The average molecular weight is 260 g/mol. The fourth-order valence-electron chi connectivity index (χ4n) is 1.27. The normalized spacial score (nSPS) is 10.0. The first-order valence-corrected chi connectivity index (χ1v) is 5.73. The molecular weight excluding hydrogens is 246 g/mol. The molecule has 0 fully saturated rings. The smallest absolute Gasteiger partial charge is 0.314 e. The number of nitro groups is 1. The molecule has 0 heterocycles. The minimum absolute atomic E-state index is 0.0878. The molecule has 0 aliphatic carbocycles. The van der Waals surface area contributed by atoms with Crippen molar-refractivity contribution >= 4 is 17.3 Å². The summed E-state index contributed by atoms with van der Waals surface area (Å²) >= 11 is 5.52. The molecule has 0 atom stereocenters. The Labute approximate surface area is 104 Å². The molecule has 1 aromatic rings. The largest absolute Gasteiger partial charge is 0.496 e. The molecule has 0 bridgehead atoms. The number of benzene rings is 1. The molecule has 17 heavy (non-hydrogen) atoms. The monoisotopic (exact) mass is 259 g/mol. The van der Waals surface area contributed by atoms with E-state index in [1.165, 1.54) is 19.2 Å². The Bertz CT molecular complexity index is 384. The van der Waals surface area contributed by atoms with Crippen LogP contribution >= 0.6 is 11.6 Å². The second kappa shape index (κ2) is 6.96. The molecule has 1 rings (SSSR count). The summed E-state index contributed by atoms with van der Waals surface area (Å²) < 4.78 is 10.3. The molecule has 0 aliphatic rings. The van der Waals surface area contributed by atoms with E-state index in [-0.39, 0.29) is 11.4 Å². The Balaban J connectivity index is 2.73. The number of ether oxygens (including phenoxy) is 2. The van der Waals surface area contributed by atoms with Gasteiger partial charge in [-0.3, -0.25) is 10.1 Å². The number of nitrogens with zero attached hydrogens (tertiary/aromatic N) is 1. The number of halogens is 1. The van der Waals surface area contributed by atoms with Crippen molar-refractivity contribution in [2.45, 2.75) is 12.8 Å². The summed E-state index contributed by atoms with van der Waals surface area (Å²) in [6, 6.07) is 4.51. The van der Waals surface area contributed by atoms with Crippen LogP contribution in [-0.4, -0.2) is 24.5 Å². The number of methoxy groups -OCH3 is 1. The molecule has 1 aromatic carbocycles. The van der Waals surface area contributed by atoms with Crippen molar-refractivity contribution in [3.63, 3.8) is 0 Å². The highest BCUT2D eigenvalue weighted by Gasteiger charge is 2.16. The van der Waals surface area contributed by atoms with Crippen LogP contribution in [0.2, 0.25) is 0 Å². The van der Waals surface area contributed by atoms with Gasteiger partial charge in [-0.25, -0.2) is 0 Å². The summed E-state index contributed by atoms with van der Waals surface area (Å²) in [4.78, 5) is 10.3. The van der Waals surface area contributed by atoms with Crippen LogP contribution < -0.4 is 9.47 Å². The third kappa shape index (κ3) is 4.11. The van der Waals surface area contributed by atoms with E-state index in [1.807, 2.05) is 0 Å². The van der Waals surface area contributed by atoms with Crippen LogP contribution in [0.25, 0.3) is 0 Å². The summed E-state index contributed by atoms with van der Waals surface area (Å²) in [6.07, 6.45) is 1.60. The van der Waals surface area contributed by atoms with Crippen LogP contribution in [0.15, 0.2) is 18.2 Å². The number of alkyl halides is 1. The lowest BCUT2D eigenvalue weighted by molar-refractivity contribution is -0.385. The van der Waals surface area contributed by atoms with Gasteiger partial charge in [0, 0.05) is 5.88 Å². The summed E-state index contributed by atoms with van der Waals surface area (Å²) in [6.45, 7) is 0.417. The third-order valence-corrected chi connectivity index (χ3v) is 2.42. The van der Waals surface area contributed by atoms with E-state index in [9.17, 15) is 10.1 Å². The van der Waals surface area contributed by atoms with E-state index in [1.54, 1.807) is 6.07 Å². The van der Waals surface area contributed by atoms with Crippen LogP contribution in [0.3, 0.4) is 0 Å². The van der Waals surface area contributed by atoms with Crippen LogP contribution in [0, 0.1) is 10.1 Å². The second-order valence-corrected chi connectivity index (χ2v) is 3.71. The van der Waals surface area contributed by atoms with Gasteiger partial charge in [0.25, 0.3) is 0 Å². The zero-order chi connectivity index (χ0) is 12.7. The molecule has 0 unspecified atom stereocenters. The molecule has 0 N–H and O–H groups in total. The summed E-state index contributed by atoms with van der Waals surface area (Å²) in [7, 11) is 1.46. The lowest BCUT2D eigenvalue weighted by Gasteiger charge is -2.07. The second-order valence-electron chi connectivity index (χ2n) is 3.34. The van der Waals surface area contributed by atoms with Crippen molar-refractivity contribution in [2.75, 3.05) is 19.6 Å². The molecule has 0 saturated heterocycles. The van der Waals surface area contributed by atoms with E-state index < -0.39 is 4.92 Å². The Morgan fingerprint density at radius 1 is 1.41 bits per heavy atom. The Morgan fingerprint density at radius 3 is 2.76 bits per heavy atom. The van der Waals surface area contributed by atoms with Gasteiger partial charge < -0.3 is 9.47 Å². The first kappa shape index (κ1) is 13.6. The van der Waals surface area contributed by atoms with E-state index in [4.69, 9.17) is 21.1 Å². The van der Waals surface area contributed by atoms with E-state index in [2.05, 4.69) is 0 Å². The first-order valence-electron chi connectivity index (χ1n) is 5.20. The third-order valence-electron chi connectivity index (χ3n) is 2.15. The molecule has 0 aliphatic heterocycles. The minimum Gasteiger partial charge on any atom is -0.496 e. The molecule has 0 spiro atoms. The predicted octanol–water partition coefficient (Wildman–Crippen LogP) is 3.00.